The Hall–Kier alpha value is -2.40. The van der Waals surface area contributed by atoms with Gasteiger partial charge in [0.05, 0.1) is 16.3 Å². The van der Waals surface area contributed by atoms with Crippen molar-refractivity contribution in [1.82, 2.24) is 9.29 Å². The molecule has 1 aliphatic carbocycles. The third-order valence-electron chi connectivity index (χ3n) is 6.91. The van der Waals surface area contributed by atoms with Crippen molar-refractivity contribution < 1.29 is 30.4 Å². The SMILES string of the molecule is B[C@](NS(=O)(=O)C1CCC1)(c1cn(CC(C)(C)C)c2cc(-c3ccccc3C(F)(F)F)ccc12)C(F)F. The molecule has 1 aliphatic rings. The van der Waals surface area contributed by atoms with Crippen LogP contribution in [0.15, 0.2) is 48.7 Å². The second-order valence-corrected chi connectivity index (χ2v) is 13.2. The zero-order valence-corrected chi connectivity index (χ0v) is 22.0. The molecule has 2 aromatic carbocycles. The second kappa shape index (κ2) is 9.41. The van der Waals surface area contributed by atoms with Crippen LogP contribution in [0.1, 0.15) is 51.2 Å². The van der Waals surface area contributed by atoms with E-state index in [2.05, 4.69) is 4.72 Å². The van der Waals surface area contributed by atoms with Crippen LogP contribution in [-0.4, -0.2) is 32.5 Å². The molecule has 0 bridgehead atoms. The van der Waals surface area contributed by atoms with Crippen LogP contribution in [0, 0.1) is 5.41 Å². The van der Waals surface area contributed by atoms with Gasteiger partial charge in [-0.3, -0.25) is 0 Å². The maximum atomic E-state index is 14.6. The van der Waals surface area contributed by atoms with E-state index < -0.39 is 38.9 Å². The molecule has 1 N–H and O–H groups in total. The number of nitrogens with zero attached hydrogens (tertiary/aromatic N) is 1. The summed E-state index contributed by atoms with van der Waals surface area (Å²) in [5.41, 5.74) is -2.52. The van der Waals surface area contributed by atoms with Crippen molar-refractivity contribution in [3.05, 3.63) is 59.8 Å². The molecule has 1 fully saturated rings. The van der Waals surface area contributed by atoms with Crippen LogP contribution in [-0.2, 0) is 28.2 Å². The first-order valence-corrected chi connectivity index (χ1v) is 13.7. The van der Waals surface area contributed by atoms with Crippen LogP contribution in [0.5, 0.6) is 0 Å². The van der Waals surface area contributed by atoms with Crippen molar-refractivity contribution in [3.8, 4) is 11.1 Å². The van der Waals surface area contributed by atoms with E-state index in [1.54, 1.807) is 10.6 Å². The lowest BCUT2D eigenvalue weighted by molar-refractivity contribution is -0.137. The molecule has 0 radical (unpaired) electrons. The van der Waals surface area contributed by atoms with Crippen molar-refractivity contribution >= 4 is 28.8 Å². The van der Waals surface area contributed by atoms with Crippen molar-refractivity contribution in [1.29, 1.82) is 0 Å². The number of halogens is 5. The fourth-order valence-corrected chi connectivity index (χ4v) is 6.68. The smallest absolute Gasteiger partial charge is 0.347 e. The second-order valence-electron chi connectivity index (χ2n) is 11.2. The molecule has 3 aromatic rings. The lowest BCUT2D eigenvalue weighted by Crippen LogP contribution is -2.55. The van der Waals surface area contributed by atoms with Gasteiger partial charge < -0.3 is 4.57 Å². The number of rotatable bonds is 7. The third kappa shape index (κ3) is 5.43. The summed E-state index contributed by atoms with van der Waals surface area (Å²) in [6, 6.07) is 9.72. The van der Waals surface area contributed by atoms with E-state index in [1.807, 2.05) is 20.8 Å². The Morgan fingerprint density at radius 1 is 1.05 bits per heavy atom. The minimum absolute atomic E-state index is 0.0238. The van der Waals surface area contributed by atoms with Gasteiger partial charge in [0.2, 0.25) is 10.0 Å². The quantitative estimate of drug-likeness (QED) is 0.300. The van der Waals surface area contributed by atoms with Gasteiger partial charge in [-0.05, 0) is 47.1 Å². The van der Waals surface area contributed by atoms with Crippen LogP contribution >= 0.6 is 0 Å². The zero-order valence-electron chi connectivity index (χ0n) is 21.2. The summed E-state index contributed by atoms with van der Waals surface area (Å²) in [5, 5.41) is -0.351. The van der Waals surface area contributed by atoms with Crippen LogP contribution in [0.25, 0.3) is 22.0 Å². The van der Waals surface area contributed by atoms with E-state index >= 15 is 0 Å². The predicted molar refractivity (Wildman–Crippen MR) is 138 cm³/mol. The Balaban J connectivity index is 1.92. The lowest BCUT2D eigenvalue weighted by atomic mass is 9.73. The van der Waals surface area contributed by atoms with Gasteiger partial charge in [0.1, 0.15) is 7.85 Å². The Bertz CT molecular complexity index is 1410. The van der Waals surface area contributed by atoms with Crippen molar-refractivity contribution in [2.75, 3.05) is 0 Å². The van der Waals surface area contributed by atoms with E-state index in [0.717, 1.165) is 20.3 Å². The maximum absolute atomic E-state index is 14.6. The first-order valence-electron chi connectivity index (χ1n) is 12.1. The van der Waals surface area contributed by atoms with Gasteiger partial charge in [-0.15, -0.1) is 0 Å². The number of sulfonamides is 1. The summed E-state index contributed by atoms with van der Waals surface area (Å²) in [6.45, 7) is 6.23. The largest absolute Gasteiger partial charge is 0.417 e. The molecule has 0 aliphatic heterocycles. The fraction of sp³-hybridized carbons (Fsp3) is 0.462. The molecule has 0 amide bonds. The van der Waals surface area contributed by atoms with Crippen LogP contribution in [0.3, 0.4) is 0 Å². The standard InChI is InChI=1S/C26H30BF5N2O2S/c1-24(2,3)15-34-14-21(25(27,23(28)29)33-37(35,36)17-7-6-8-17)19-12-11-16(13-22(19)34)18-9-4-5-10-20(18)26(30,31)32/h4-5,9-14,17,23,33H,6-8,15,27H2,1-3H3/t25-/m0/s1. The molecule has 200 valence electrons. The molecular formula is C26H30BF5N2O2S. The van der Waals surface area contributed by atoms with Crippen molar-refractivity contribution in [2.45, 2.75) is 69.9 Å². The molecule has 0 saturated heterocycles. The van der Waals surface area contributed by atoms with Gasteiger partial charge in [-0.2, -0.15) is 13.2 Å². The highest BCUT2D eigenvalue weighted by molar-refractivity contribution is 7.90. The van der Waals surface area contributed by atoms with Gasteiger partial charge in [-0.25, -0.2) is 21.9 Å². The Morgan fingerprint density at radius 2 is 1.70 bits per heavy atom. The number of fused-ring (bicyclic) bond motifs is 1. The molecule has 1 heterocycles. The molecule has 0 spiro atoms. The maximum Gasteiger partial charge on any atom is 0.417 e. The van der Waals surface area contributed by atoms with E-state index in [0.29, 0.717) is 30.3 Å². The summed E-state index contributed by atoms with van der Waals surface area (Å²) in [7, 11) is -2.84. The molecular weight excluding hydrogens is 510 g/mol. The molecule has 1 atom stereocenters. The van der Waals surface area contributed by atoms with Gasteiger partial charge in [0.25, 0.3) is 6.43 Å². The van der Waals surface area contributed by atoms with Gasteiger partial charge in [0.15, 0.2) is 0 Å². The molecule has 4 rings (SSSR count). The van der Waals surface area contributed by atoms with Crippen LogP contribution in [0.4, 0.5) is 22.0 Å². The topological polar surface area (TPSA) is 51.1 Å². The highest BCUT2D eigenvalue weighted by Crippen LogP contribution is 2.41. The highest BCUT2D eigenvalue weighted by Gasteiger charge is 2.45. The minimum atomic E-state index is -4.57. The molecule has 1 saturated carbocycles. The minimum Gasteiger partial charge on any atom is -0.347 e. The molecule has 1 aromatic heterocycles. The number of nitrogens with one attached hydrogen (secondary N) is 1. The first kappa shape index (κ1) is 27.6. The first-order chi connectivity index (χ1) is 17.0. The highest BCUT2D eigenvalue weighted by atomic mass is 32.2. The monoisotopic (exact) mass is 540 g/mol. The third-order valence-corrected chi connectivity index (χ3v) is 8.97. The number of hydrogen-bond donors (Lipinski definition) is 1. The van der Waals surface area contributed by atoms with Crippen molar-refractivity contribution in [2.24, 2.45) is 5.41 Å². The van der Waals surface area contributed by atoms with E-state index in [1.165, 1.54) is 36.5 Å². The number of alkyl halides is 5. The van der Waals surface area contributed by atoms with Gasteiger partial charge >= 0.3 is 6.18 Å². The van der Waals surface area contributed by atoms with Gasteiger partial charge in [-0.1, -0.05) is 57.5 Å². The zero-order chi connectivity index (χ0) is 27.4. The number of hydrogen-bond acceptors (Lipinski definition) is 2. The summed E-state index contributed by atoms with van der Waals surface area (Å²) in [5.74, 6) is 0. The predicted octanol–water partition coefficient (Wildman–Crippen LogP) is 5.90. The summed E-state index contributed by atoms with van der Waals surface area (Å²) >= 11 is 0. The Kier molecular flexibility index (Phi) is 7.03. The van der Waals surface area contributed by atoms with Gasteiger partial charge in [0, 0.05) is 23.6 Å². The normalized spacial score (nSPS) is 17.2. The number of aromatic nitrogens is 1. The van der Waals surface area contributed by atoms with E-state index in [4.69, 9.17) is 0 Å². The summed E-state index contributed by atoms with van der Waals surface area (Å²) < 4.78 is 100. The molecule has 11 heteroatoms. The van der Waals surface area contributed by atoms with E-state index in [-0.39, 0.29) is 22.1 Å². The fourth-order valence-electron chi connectivity index (χ4n) is 4.77. The molecule has 4 nitrogen and oxygen atoms in total. The van der Waals surface area contributed by atoms with Crippen molar-refractivity contribution in [3.63, 3.8) is 0 Å². The van der Waals surface area contributed by atoms with Crippen LogP contribution in [0.2, 0.25) is 0 Å². The summed E-state index contributed by atoms with van der Waals surface area (Å²) in [4.78, 5) is 0. The van der Waals surface area contributed by atoms with E-state index in [9.17, 15) is 30.4 Å². The average molecular weight is 540 g/mol. The Morgan fingerprint density at radius 3 is 2.24 bits per heavy atom. The lowest BCUT2D eigenvalue weighted by Gasteiger charge is -2.34. The molecule has 0 unspecified atom stereocenters. The number of benzene rings is 2. The Labute approximate surface area is 214 Å². The average Bonchev–Trinajstić information content (AvgIpc) is 3.07. The summed E-state index contributed by atoms with van der Waals surface area (Å²) in [6.07, 6.45) is -4.57. The van der Waals surface area contributed by atoms with Crippen LogP contribution < -0.4 is 4.72 Å². The molecule has 37 heavy (non-hydrogen) atoms.